The highest BCUT2D eigenvalue weighted by Gasteiger charge is 2.21. The van der Waals surface area contributed by atoms with Crippen LogP contribution in [0.4, 0.5) is 11.4 Å². The van der Waals surface area contributed by atoms with Crippen molar-refractivity contribution in [3.05, 3.63) is 64.7 Å². The molecule has 0 aliphatic carbocycles. The number of para-hydroxylation sites is 1. The molecular formula is C21H20N6O2. The van der Waals surface area contributed by atoms with Crippen molar-refractivity contribution in [1.29, 1.82) is 0 Å². The van der Waals surface area contributed by atoms with Crippen molar-refractivity contribution in [2.24, 2.45) is 7.05 Å². The lowest BCUT2D eigenvalue weighted by molar-refractivity contribution is -0.117. The first-order valence-electron chi connectivity index (χ1n) is 9.59. The molecule has 0 radical (unpaired) electrons. The summed E-state index contributed by atoms with van der Waals surface area (Å²) in [6.07, 6.45) is 1.53. The lowest BCUT2D eigenvalue weighted by Crippen LogP contribution is -2.23. The maximum Gasteiger partial charge on any atom is 0.262 e. The van der Waals surface area contributed by atoms with Gasteiger partial charge in [-0.3, -0.25) is 18.6 Å². The van der Waals surface area contributed by atoms with Crippen LogP contribution in [0.15, 0.2) is 53.3 Å². The van der Waals surface area contributed by atoms with E-state index in [0.717, 1.165) is 29.9 Å². The summed E-state index contributed by atoms with van der Waals surface area (Å²) in [4.78, 5) is 26.2. The number of hydrogen-bond donors (Lipinski definition) is 1. The smallest absolute Gasteiger partial charge is 0.262 e. The number of aromatic nitrogens is 4. The number of fused-ring (bicyclic) bond motifs is 3. The van der Waals surface area contributed by atoms with E-state index < -0.39 is 0 Å². The second kappa shape index (κ2) is 6.73. The first-order chi connectivity index (χ1) is 14.1. The third-order valence-corrected chi connectivity index (χ3v) is 5.40. The predicted molar refractivity (Wildman–Crippen MR) is 111 cm³/mol. The van der Waals surface area contributed by atoms with E-state index >= 15 is 0 Å². The first kappa shape index (κ1) is 17.4. The van der Waals surface area contributed by atoms with Crippen molar-refractivity contribution in [3.63, 3.8) is 0 Å². The number of nitrogens with one attached hydrogen (secondary N) is 1. The van der Waals surface area contributed by atoms with Crippen molar-refractivity contribution in [2.75, 3.05) is 16.8 Å². The molecule has 3 heterocycles. The largest absolute Gasteiger partial charge is 0.378 e. The minimum absolute atomic E-state index is 0.0907. The van der Waals surface area contributed by atoms with Gasteiger partial charge in [0.25, 0.3) is 5.56 Å². The van der Waals surface area contributed by atoms with E-state index in [0.29, 0.717) is 30.0 Å². The van der Waals surface area contributed by atoms with Gasteiger partial charge in [0.05, 0.1) is 17.4 Å². The summed E-state index contributed by atoms with van der Waals surface area (Å²) >= 11 is 0. The fourth-order valence-corrected chi connectivity index (χ4v) is 3.87. The van der Waals surface area contributed by atoms with Gasteiger partial charge in [-0.2, -0.15) is 0 Å². The van der Waals surface area contributed by atoms with Crippen LogP contribution in [0.25, 0.3) is 16.7 Å². The fraction of sp³-hybridized carbons (Fsp3) is 0.238. The summed E-state index contributed by atoms with van der Waals surface area (Å²) in [5.41, 5.74) is 2.54. The van der Waals surface area contributed by atoms with Gasteiger partial charge in [0.1, 0.15) is 0 Å². The Bertz CT molecular complexity index is 1290. The molecule has 1 fully saturated rings. The maximum atomic E-state index is 12.5. The molecule has 146 valence electrons. The first-order valence-corrected chi connectivity index (χ1v) is 9.59. The van der Waals surface area contributed by atoms with Crippen molar-refractivity contribution >= 4 is 34.0 Å². The molecule has 2 aromatic heterocycles. The van der Waals surface area contributed by atoms with Gasteiger partial charge in [-0.25, -0.2) is 0 Å². The number of amides is 1. The Morgan fingerprint density at radius 2 is 1.83 bits per heavy atom. The quantitative estimate of drug-likeness (QED) is 0.580. The molecule has 1 N–H and O–H groups in total. The molecule has 0 atom stereocenters. The van der Waals surface area contributed by atoms with Gasteiger partial charge in [-0.05, 0) is 42.8 Å². The maximum absolute atomic E-state index is 12.5. The van der Waals surface area contributed by atoms with Gasteiger partial charge in [0, 0.05) is 31.4 Å². The average molecular weight is 388 g/mol. The van der Waals surface area contributed by atoms with E-state index in [1.807, 2.05) is 57.8 Å². The molecule has 8 heteroatoms. The number of aryl methyl sites for hydroxylation is 1. The van der Waals surface area contributed by atoms with E-state index in [1.165, 1.54) is 4.57 Å². The van der Waals surface area contributed by atoms with Gasteiger partial charge >= 0.3 is 0 Å². The van der Waals surface area contributed by atoms with Crippen LogP contribution in [-0.2, 0) is 18.4 Å². The zero-order valence-corrected chi connectivity index (χ0v) is 16.0. The topological polar surface area (TPSA) is 84.5 Å². The van der Waals surface area contributed by atoms with Crippen LogP contribution in [-0.4, -0.2) is 31.6 Å². The Hall–Kier alpha value is -3.68. The Balaban J connectivity index is 1.44. The molecular weight excluding hydrogens is 368 g/mol. The average Bonchev–Trinajstić information content (AvgIpc) is 3.37. The van der Waals surface area contributed by atoms with Crippen LogP contribution in [0.2, 0.25) is 0 Å². The molecule has 4 aromatic rings. The molecule has 0 unspecified atom stereocenters. The van der Waals surface area contributed by atoms with Gasteiger partial charge in [0.2, 0.25) is 11.7 Å². The second-order valence-electron chi connectivity index (χ2n) is 7.18. The van der Waals surface area contributed by atoms with Crippen LogP contribution >= 0.6 is 0 Å². The number of benzene rings is 2. The lowest BCUT2D eigenvalue weighted by Gasteiger charge is -2.16. The Kier molecular flexibility index (Phi) is 4.04. The number of carbonyl (C=O) groups is 1. The number of hydrogen-bond acceptors (Lipinski definition) is 5. The second-order valence-corrected chi connectivity index (χ2v) is 7.18. The van der Waals surface area contributed by atoms with E-state index in [2.05, 4.69) is 15.5 Å². The minimum Gasteiger partial charge on any atom is -0.378 e. The van der Waals surface area contributed by atoms with Gasteiger partial charge < -0.3 is 10.2 Å². The normalized spacial score (nSPS) is 14.2. The van der Waals surface area contributed by atoms with E-state index in [1.54, 1.807) is 7.05 Å². The van der Waals surface area contributed by atoms with Gasteiger partial charge in [-0.15, -0.1) is 10.2 Å². The highest BCUT2D eigenvalue weighted by atomic mass is 16.2. The summed E-state index contributed by atoms with van der Waals surface area (Å²) in [7, 11) is 1.70. The lowest BCUT2D eigenvalue weighted by atomic mass is 10.2. The molecule has 1 saturated heterocycles. The number of rotatable bonds is 4. The summed E-state index contributed by atoms with van der Waals surface area (Å²) < 4.78 is 3.42. The van der Waals surface area contributed by atoms with Crippen molar-refractivity contribution in [1.82, 2.24) is 19.2 Å². The van der Waals surface area contributed by atoms with Gasteiger partial charge in [0.15, 0.2) is 5.82 Å². The Labute approximate surface area is 166 Å². The summed E-state index contributed by atoms with van der Waals surface area (Å²) in [5.74, 6) is 1.40. The predicted octanol–water partition coefficient (Wildman–Crippen LogP) is 2.32. The molecule has 5 rings (SSSR count). The summed E-state index contributed by atoms with van der Waals surface area (Å²) in [5, 5.41) is 12.5. The Morgan fingerprint density at radius 3 is 2.59 bits per heavy atom. The minimum atomic E-state index is -0.0907. The molecule has 1 aliphatic rings. The summed E-state index contributed by atoms with van der Waals surface area (Å²) in [6.45, 7) is 1.23. The standard InChI is InChI=1S/C21H20N6O2/c1-25-20(29)16-5-2-3-6-17(16)27-18(23-24-21(25)27)13-22-14-8-10-15(11-9-14)26-12-4-7-19(26)28/h2-3,5-6,8-11,22H,4,7,12-13H2,1H3. The monoisotopic (exact) mass is 388 g/mol. The number of carbonyl (C=O) groups excluding carboxylic acids is 1. The van der Waals surface area contributed by atoms with Crippen LogP contribution in [0.3, 0.4) is 0 Å². The molecule has 8 nitrogen and oxygen atoms in total. The van der Waals surface area contributed by atoms with Crippen LogP contribution in [0.5, 0.6) is 0 Å². The van der Waals surface area contributed by atoms with Crippen LogP contribution in [0, 0.1) is 0 Å². The van der Waals surface area contributed by atoms with Gasteiger partial charge in [-0.1, -0.05) is 12.1 Å². The zero-order valence-electron chi connectivity index (χ0n) is 16.0. The Morgan fingerprint density at radius 1 is 1.03 bits per heavy atom. The van der Waals surface area contributed by atoms with E-state index in [9.17, 15) is 9.59 Å². The van der Waals surface area contributed by atoms with Crippen LogP contribution < -0.4 is 15.8 Å². The third-order valence-electron chi connectivity index (χ3n) is 5.40. The highest BCUT2D eigenvalue weighted by Crippen LogP contribution is 2.23. The third kappa shape index (κ3) is 2.84. The van der Waals surface area contributed by atoms with Crippen molar-refractivity contribution in [3.8, 4) is 0 Å². The summed E-state index contributed by atoms with van der Waals surface area (Å²) in [6, 6.07) is 15.3. The van der Waals surface area contributed by atoms with Crippen molar-refractivity contribution in [2.45, 2.75) is 19.4 Å². The molecule has 0 bridgehead atoms. The molecule has 0 saturated carbocycles. The SMILES string of the molecule is Cn1c(=O)c2ccccc2n2c(CNc3ccc(N4CCCC4=O)cc3)nnc12. The highest BCUT2D eigenvalue weighted by molar-refractivity contribution is 5.95. The van der Waals surface area contributed by atoms with Crippen molar-refractivity contribution < 1.29 is 4.79 Å². The van der Waals surface area contributed by atoms with Crippen LogP contribution in [0.1, 0.15) is 18.7 Å². The number of nitrogens with zero attached hydrogens (tertiary/aromatic N) is 5. The molecule has 1 aliphatic heterocycles. The van der Waals surface area contributed by atoms with E-state index in [-0.39, 0.29) is 11.5 Å². The molecule has 29 heavy (non-hydrogen) atoms. The van der Waals surface area contributed by atoms with E-state index in [4.69, 9.17) is 0 Å². The zero-order chi connectivity index (χ0) is 20.0. The molecule has 1 amide bonds. The fourth-order valence-electron chi connectivity index (χ4n) is 3.87. The molecule has 2 aromatic carbocycles. The molecule has 0 spiro atoms. The number of anilines is 2.